The molecule has 6 nitrogen and oxygen atoms in total. The standard InChI is InChI=1S/C21H32N4O2/c1-4-14-27-20(6-1)16-23-21(22-10-8-19-7-5-15-26-19)25-13-9-18(17-25)24-11-2-3-12-24/h2-3,5,7,15,18,20H,1,4,6,8-14,16-17H2,(H,22,23). The number of nitrogens with one attached hydrogen (secondary N) is 1. The van der Waals surface area contributed by atoms with Gasteiger partial charge in [0, 0.05) is 51.8 Å². The fraction of sp³-hybridized carbons (Fsp3) is 0.667. The third kappa shape index (κ3) is 5.14. The zero-order valence-electron chi connectivity index (χ0n) is 16.2. The summed E-state index contributed by atoms with van der Waals surface area (Å²) in [7, 11) is 0. The molecule has 1 aromatic rings. The van der Waals surface area contributed by atoms with Crippen molar-refractivity contribution in [2.45, 2.75) is 44.2 Å². The van der Waals surface area contributed by atoms with E-state index in [0.29, 0.717) is 6.04 Å². The van der Waals surface area contributed by atoms with Crippen LogP contribution >= 0.6 is 0 Å². The molecule has 6 heteroatoms. The number of ether oxygens (including phenoxy) is 1. The summed E-state index contributed by atoms with van der Waals surface area (Å²) in [5.74, 6) is 2.05. The van der Waals surface area contributed by atoms with Crippen molar-refractivity contribution in [2.75, 3.05) is 45.9 Å². The SMILES string of the molecule is C1=CCN(C2CCN(C(=NCC3CCCCO3)NCCc3ccco3)C2)C1. The molecule has 0 bridgehead atoms. The van der Waals surface area contributed by atoms with Gasteiger partial charge < -0.3 is 19.4 Å². The molecule has 3 aliphatic rings. The molecule has 0 spiro atoms. The molecule has 27 heavy (non-hydrogen) atoms. The van der Waals surface area contributed by atoms with Crippen molar-refractivity contribution in [3.63, 3.8) is 0 Å². The molecule has 0 amide bonds. The molecule has 2 unspecified atom stereocenters. The molecule has 2 atom stereocenters. The van der Waals surface area contributed by atoms with Crippen LogP contribution in [-0.2, 0) is 11.2 Å². The summed E-state index contributed by atoms with van der Waals surface area (Å²) in [5, 5.41) is 3.58. The van der Waals surface area contributed by atoms with Crippen LogP contribution in [0.1, 0.15) is 31.4 Å². The number of nitrogens with zero attached hydrogens (tertiary/aromatic N) is 3. The van der Waals surface area contributed by atoms with Crippen LogP contribution in [-0.4, -0.2) is 73.8 Å². The average Bonchev–Trinajstić information content (AvgIpc) is 3.47. The van der Waals surface area contributed by atoms with Gasteiger partial charge in [-0.2, -0.15) is 0 Å². The third-order valence-corrected chi connectivity index (χ3v) is 5.78. The van der Waals surface area contributed by atoms with Gasteiger partial charge in [-0.25, -0.2) is 0 Å². The number of guanidine groups is 1. The first-order valence-electron chi connectivity index (χ1n) is 10.4. The number of furan rings is 1. The van der Waals surface area contributed by atoms with E-state index in [0.717, 1.165) is 70.4 Å². The predicted octanol–water partition coefficient (Wildman–Crippen LogP) is 2.28. The van der Waals surface area contributed by atoms with Crippen molar-refractivity contribution in [3.05, 3.63) is 36.3 Å². The highest BCUT2D eigenvalue weighted by Gasteiger charge is 2.29. The highest BCUT2D eigenvalue weighted by Crippen LogP contribution is 2.18. The molecule has 1 aromatic heterocycles. The van der Waals surface area contributed by atoms with Gasteiger partial charge in [0.2, 0.25) is 0 Å². The summed E-state index contributed by atoms with van der Waals surface area (Å²) in [6.07, 6.45) is 12.2. The van der Waals surface area contributed by atoms with Crippen LogP contribution in [0.2, 0.25) is 0 Å². The minimum Gasteiger partial charge on any atom is -0.469 e. The molecule has 0 radical (unpaired) electrons. The lowest BCUT2D eigenvalue weighted by Gasteiger charge is -2.26. The Morgan fingerprint density at radius 2 is 2.15 bits per heavy atom. The monoisotopic (exact) mass is 372 g/mol. The fourth-order valence-corrected chi connectivity index (χ4v) is 4.18. The Labute approximate surface area is 162 Å². The lowest BCUT2D eigenvalue weighted by molar-refractivity contribution is 0.0223. The van der Waals surface area contributed by atoms with Crippen molar-refractivity contribution in [1.82, 2.24) is 15.1 Å². The summed E-state index contributed by atoms with van der Waals surface area (Å²) in [5.41, 5.74) is 0. The zero-order chi connectivity index (χ0) is 18.3. The number of rotatable bonds is 6. The van der Waals surface area contributed by atoms with Crippen LogP contribution in [0.5, 0.6) is 0 Å². The number of hydrogen-bond acceptors (Lipinski definition) is 4. The summed E-state index contributed by atoms with van der Waals surface area (Å²) >= 11 is 0. The first kappa shape index (κ1) is 18.6. The second-order valence-corrected chi connectivity index (χ2v) is 7.72. The van der Waals surface area contributed by atoms with Gasteiger partial charge in [0.05, 0.1) is 18.9 Å². The van der Waals surface area contributed by atoms with Crippen molar-refractivity contribution < 1.29 is 9.15 Å². The van der Waals surface area contributed by atoms with Crippen LogP contribution in [0.3, 0.4) is 0 Å². The fourth-order valence-electron chi connectivity index (χ4n) is 4.18. The molecule has 2 fully saturated rings. The highest BCUT2D eigenvalue weighted by atomic mass is 16.5. The second-order valence-electron chi connectivity index (χ2n) is 7.72. The van der Waals surface area contributed by atoms with E-state index in [1.165, 1.54) is 19.3 Å². The van der Waals surface area contributed by atoms with Gasteiger partial charge in [0.15, 0.2) is 5.96 Å². The van der Waals surface area contributed by atoms with Crippen molar-refractivity contribution in [1.29, 1.82) is 0 Å². The molecule has 4 rings (SSSR count). The third-order valence-electron chi connectivity index (χ3n) is 5.78. The van der Waals surface area contributed by atoms with E-state index in [-0.39, 0.29) is 6.10 Å². The maximum atomic E-state index is 5.87. The molecule has 148 valence electrons. The molecule has 1 N–H and O–H groups in total. The molecular formula is C21H32N4O2. The van der Waals surface area contributed by atoms with Gasteiger partial charge in [0.1, 0.15) is 5.76 Å². The van der Waals surface area contributed by atoms with Crippen molar-refractivity contribution in [2.24, 2.45) is 4.99 Å². The van der Waals surface area contributed by atoms with Crippen LogP contribution in [0.25, 0.3) is 0 Å². The summed E-state index contributed by atoms with van der Waals surface area (Å²) in [6.45, 7) is 6.79. The van der Waals surface area contributed by atoms with E-state index < -0.39 is 0 Å². The molecule has 0 saturated carbocycles. The molecule has 0 aromatic carbocycles. The van der Waals surface area contributed by atoms with E-state index in [2.05, 4.69) is 27.3 Å². The van der Waals surface area contributed by atoms with E-state index in [4.69, 9.17) is 14.1 Å². The normalized spacial score (nSPS) is 26.8. The van der Waals surface area contributed by atoms with Crippen LogP contribution in [0.15, 0.2) is 40.0 Å². The van der Waals surface area contributed by atoms with Gasteiger partial charge in [-0.15, -0.1) is 0 Å². The number of aliphatic imine (C=N–C) groups is 1. The van der Waals surface area contributed by atoms with Gasteiger partial charge in [-0.05, 0) is 37.8 Å². The molecular weight excluding hydrogens is 340 g/mol. The minimum absolute atomic E-state index is 0.279. The number of likely N-dealkylation sites (tertiary alicyclic amines) is 1. The highest BCUT2D eigenvalue weighted by molar-refractivity contribution is 5.80. The summed E-state index contributed by atoms with van der Waals surface area (Å²) < 4.78 is 11.3. The Morgan fingerprint density at radius 3 is 2.93 bits per heavy atom. The lowest BCUT2D eigenvalue weighted by Crippen LogP contribution is -2.44. The Kier molecular flexibility index (Phi) is 6.48. The topological polar surface area (TPSA) is 53.2 Å². The van der Waals surface area contributed by atoms with E-state index in [1.54, 1.807) is 6.26 Å². The van der Waals surface area contributed by atoms with Gasteiger partial charge in [-0.1, -0.05) is 12.2 Å². The molecule has 3 aliphatic heterocycles. The van der Waals surface area contributed by atoms with Gasteiger partial charge in [-0.3, -0.25) is 9.89 Å². The van der Waals surface area contributed by atoms with E-state index >= 15 is 0 Å². The smallest absolute Gasteiger partial charge is 0.194 e. The summed E-state index contributed by atoms with van der Waals surface area (Å²) in [6, 6.07) is 4.60. The average molecular weight is 373 g/mol. The van der Waals surface area contributed by atoms with Crippen molar-refractivity contribution in [3.8, 4) is 0 Å². The van der Waals surface area contributed by atoms with Gasteiger partial charge in [0.25, 0.3) is 0 Å². The Balaban J connectivity index is 1.34. The first-order valence-corrected chi connectivity index (χ1v) is 10.4. The maximum absolute atomic E-state index is 5.87. The second kappa shape index (κ2) is 9.42. The zero-order valence-corrected chi connectivity index (χ0v) is 16.2. The number of hydrogen-bond donors (Lipinski definition) is 1. The van der Waals surface area contributed by atoms with E-state index in [9.17, 15) is 0 Å². The van der Waals surface area contributed by atoms with Gasteiger partial charge >= 0.3 is 0 Å². The Bertz CT molecular complexity index is 614. The predicted molar refractivity (Wildman–Crippen MR) is 107 cm³/mol. The largest absolute Gasteiger partial charge is 0.469 e. The Hall–Kier alpha value is -1.79. The van der Waals surface area contributed by atoms with Crippen LogP contribution in [0.4, 0.5) is 0 Å². The molecule has 4 heterocycles. The van der Waals surface area contributed by atoms with Crippen LogP contribution < -0.4 is 5.32 Å². The van der Waals surface area contributed by atoms with Crippen molar-refractivity contribution >= 4 is 5.96 Å². The maximum Gasteiger partial charge on any atom is 0.194 e. The van der Waals surface area contributed by atoms with E-state index in [1.807, 2.05) is 12.1 Å². The Morgan fingerprint density at radius 1 is 1.22 bits per heavy atom. The molecule has 2 saturated heterocycles. The molecule has 0 aliphatic carbocycles. The quantitative estimate of drug-likeness (QED) is 0.472. The minimum atomic E-state index is 0.279. The lowest BCUT2D eigenvalue weighted by atomic mass is 10.1. The summed E-state index contributed by atoms with van der Waals surface area (Å²) in [4.78, 5) is 9.94. The first-order chi connectivity index (χ1) is 13.4. The van der Waals surface area contributed by atoms with Crippen LogP contribution in [0, 0.1) is 0 Å².